The molecule has 2 rings (SSSR count). The number of hydrogen-bond donors (Lipinski definition) is 2. The Balaban J connectivity index is 2.13. The second kappa shape index (κ2) is 7.07. The molecule has 1 amide bonds. The van der Waals surface area contributed by atoms with Crippen LogP contribution in [0.5, 0.6) is 0 Å². The van der Waals surface area contributed by atoms with Crippen molar-refractivity contribution in [1.29, 1.82) is 0 Å². The van der Waals surface area contributed by atoms with Crippen LogP contribution in [0.15, 0.2) is 18.2 Å². The summed E-state index contributed by atoms with van der Waals surface area (Å²) in [4.78, 5) is 12.4. The summed E-state index contributed by atoms with van der Waals surface area (Å²) in [6.07, 6.45) is 1.95. The second-order valence-electron chi connectivity index (χ2n) is 5.18. The number of anilines is 1. The number of hydrogen-bond acceptors (Lipinski definition) is 3. The molecule has 1 aliphatic heterocycles. The highest BCUT2D eigenvalue weighted by Crippen LogP contribution is 2.26. The van der Waals surface area contributed by atoms with Crippen LogP contribution in [0.25, 0.3) is 0 Å². The van der Waals surface area contributed by atoms with E-state index < -0.39 is 0 Å². The van der Waals surface area contributed by atoms with Crippen molar-refractivity contribution in [2.75, 3.05) is 19.0 Å². The molecule has 110 valence electrons. The van der Waals surface area contributed by atoms with Crippen molar-refractivity contribution >= 4 is 23.2 Å². The zero-order valence-corrected chi connectivity index (χ0v) is 12.7. The van der Waals surface area contributed by atoms with Crippen molar-refractivity contribution in [3.05, 3.63) is 28.8 Å². The lowest BCUT2D eigenvalue weighted by Crippen LogP contribution is -2.44. The molecule has 0 bridgehead atoms. The van der Waals surface area contributed by atoms with Gasteiger partial charge in [-0.2, -0.15) is 0 Å². The highest BCUT2D eigenvalue weighted by Gasteiger charge is 2.27. The fraction of sp³-hybridized carbons (Fsp3) is 0.533. The van der Waals surface area contributed by atoms with Gasteiger partial charge in [-0.3, -0.25) is 4.79 Å². The van der Waals surface area contributed by atoms with E-state index in [1.165, 1.54) is 0 Å². The first-order chi connectivity index (χ1) is 9.63. The molecular formula is C15H21ClN2O2. The number of ether oxygens (including phenoxy) is 1. The summed E-state index contributed by atoms with van der Waals surface area (Å²) in [7, 11) is 1.61. The van der Waals surface area contributed by atoms with Crippen LogP contribution >= 0.6 is 11.6 Å². The number of carbonyl (C=O) groups excluding carboxylic acids is 1. The van der Waals surface area contributed by atoms with E-state index >= 15 is 0 Å². The Morgan fingerprint density at radius 2 is 2.35 bits per heavy atom. The van der Waals surface area contributed by atoms with Gasteiger partial charge in [0.25, 0.3) is 0 Å². The number of carbonyl (C=O) groups is 1. The van der Waals surface area contributed by atoms with Gasteiger partial charge >= 0.3 is 0 Å². The summed E-state index contributed by atoms with van der Waals surface area (Å²) in [5, 5.41) is 6.94. The van der Waals surface area contributed by atoms with E-state index in [2.05, 4.69) is 17.6 Å². The van der Waals surface area contributed by atoms with E-state index in [9.17, 15) is 4.79 Å². The van der Waals surface area contributed by atoms with Gasteiger partial charge in [0.2, 0.25) is 5.91 Å². The number of amides is 1. The van der Waals surface area contributed by atoms with E-state index in [1.807, 2.05) is 12.1 Å². The van der Waals surface area contributed by atoms with Gasteiger partial charge in [-0.25, -0.2) is 0 Å². The molecule has 1 heterocycles. The smallest absolute Gasteiger partial charge is 0.229 e. The molecule has 1 saturated heterocycles. The Labute approximate surface area is 124 Å². The maximum Gasteiger partial charge on any atom is 0.229 e. The van der Waals surface area contributed by atoms with Gasteiger partial charge in [0.05, 0.1) is 12.5 Å². The normalized spacial score (nSPS) is 22.6. The zero-order valence-electron chi connectivity index (χ0n) is 11.9. The molecule has 1 aromatic carbocycles. The van der Waals surface area contributed by atoms with Crippen molar-refractivity contribution in [3.63, 3.8) is 0 Å². The van der Waals surface area contributed by atoms with Gasteiger partial charge in [-0.15, -0.1) is 0 Å². The Morgan fingerprint density at radius 1 is 1.55 bits per heavy atom. The lowest BCUT2D eigenvalue weighted by Gasteiger charge is -2.29. The van der Waals surface area contributed by atoms with Gasteiger partial charge in [0, 0.05) is 29.4 Å². The van der Waals surface area contributed by atoms with Gasteiger partial charge in [0.1, 0.15) is 0 Å². The average Bonchev–Trinajstić information content (AvgIpc) is 2.43. The summed E-state index contributed by atoms with van der Waals surface area (Å²) >= 11 is 6.16. The third-order valence-electron chi connectivity index (χ3n) is 3.76. The predicted octanol–water partition coefficient (Wildman–Crippen LogP) is 2.81. The van der Waals surface area contributed by atoms with Crippen LogP contribution in [0.3, 0.4) is 0 Å². The summed E-state index contributed by atoms with van der Waals surface area (Å²) in [5.41, 5.74) is 1.56. The lowest BCUT2D eigenvalue weighted by atomic mass is 9.91. The Kier molecular flexibility index (Phi) is 5.40. The minimum Gasteiger partial charge on any atom is -0.380 e. The highest BCUT2D eigenvalue weighted by atomic mass is 35.5. The maximum absolute atomic E-state index is 12.4. The van der Waals surface area contributed by atoms with Gasteiger partial charge in [-0.05, 0) is 38.4 Å². The minimum atomic E-state index is -0.00173. The molecule has 4 nitrogen and oxygen atoms in total. The first-order valence-corrected chi connectivity index (χ1v) is 7.32. The first-order valence-electron chi connectivity index (χ1n) is 6.94. The van der Waals surface area contributed by atoms with Gasteiger partial charge in [-0.1, -0.05) is 17.7 Å². The van der Waals surface area contributed by atoms with E-state index in [0.717, 1.165) is 30.6 Å². The van der Waals surface area contributed by atoms with Crippen molar-refractivity contribution < 1.29 is 9.53 Å². The molecule has 0 radical (unpaired) electrons. The monoisotopic (exact) mass is 296 g/mol. The fourth-order valence-electron chi connectivity index (χ4n) is 2.59. The first kappa shape index (κ1) is 15.3. The van der Waals surface area contributed by atoms with Crippen LogP contribution in [0.2, 0.25) is 5.02 Å². The number of methoxy groups -OCH3 is 1. The van der Waals surface area contributed by atoms with Crippen LogP contribution in [0, 0.1) is 5.92 Å². The predicted molar refractivity (Wildman–Crippen MR) is 81.0 cm³/mol. The molecule has 20 heavy (non-hydrogen) atoms. The van der Waals surface area contributed by atoms with E-state index in [4.69, 9.17) is 16.3 Å². The molecule has 1 fully saturated rings. The molecule has 2 unspecified atom stereocenters. The summed E-state index contributed by atoms with van der Waals surface area (Å²) in [6.45, 7) is 3.42. The van der Waals surface area contributed by atoms with Gasteiger partial charge < -0.3 is 15.4 Å². The minimum absolute atomic E-state index is 0.00173. The fourth-order valence-corrected chi connectivity index (χ4v) is 2.82. The van der Waals surface area contributed by atoms with Crippen molar-refractivity contribution in [2.24, 2.45) is 5.92 Å². The quantitative estimate of drug-likeness (QED) is 0.898. The van der Waals surface area contributed by atoms with Crippen LogP contribution in [-0.2, 0) is 16.1 Å². The molecule has 2 N–H and O–H groups in total. The summed E-state index contributed by atoms with van der Waals surface area (Å²) < 4.78 is 5.15. The number of rotatable bonds is 4. The van der Waals surface area contributed by atoms with E-state index in [-0.39, 0.29) is 17.9 Å². The number of piperidine rings is 1. The van der Waals surface area contributed by atoms with Crippen molar-refractivity contribution in [3.8, 4) is 0 Å². The van der Waals surface area contributed by atoms with Crippen molar-refractivity contribution in [2.45, 2.75) is 32.4 Å². The third-order valence-corrected chi connectivity index (χ3v) is 4.12. The molecule has 1 aromatic rings. The zero-order chi connectivity index (χ0) is 14.5. The SMILES string of the molecule is COCc1c(Cl)cccc1NC(=O)C1CCCNC1C. The Morgan fingerprint density at radius 3 is 3.05 bits per heavy atom. The number of nitrogens with one attached hydrogen (secondary N) is 2. The number of benzene rings is 1. The largest absolute Gasteiger partial charge is 0.380 e. The van der Waals surface area contributed by atoms with Crippen LogP contribution in [0.4, 0.5) is 5.69 Å². The topological polar surface area (TPSA) is 50.4 Å². The molecular weight excluding hydrogens is 276 g/mol. The third kappa shape index (κ3) is 3.51. The second-order valence-corrected chi connectivity index (χ2v) is 5.59. The molecule has 0 spiro atoms. The van der Waals surface area contributed by atoms with E-state index in [1.54, 1.807) is 13.2 Å². The molecule has 0 saturated carbocycles. The Bertz CT molecular complexity index is 479. The molecule has 5 heteroatoms. The number of halogens is 1. The van der Waals surface area contributed by atoms with Crippen molar-refractivity contribution in [1.82, 2.24) is 5.32 Å². The van der Waals surface area contributed by atoms with Crippen LogP contribution in [-0.4, -0.2) is 25.6 Å². The lowest BCUT2D eigenvalue weighted by molar-refractivity contribution is -0.121. The summed E-state index contributed by atoms with van der Waals surface area (Å²) in [6, 6.07) is 5.70. The van der Waals surface area contributed by atoms with Crippen LogP contribution in [0.1, 0.15) is 25.3 Å². The van der Waals surface area contributed by atoms with Crippen LogP contribution < -0.4 is 10.6 Å². The summed E-state index contributed by atoms with van der Waals surface area (Å²) in [5.74, 6) is 0.0439. The Hall–Kier alpha value is -1.10. The molecule has 0 aliphatic carbocycles. The van der Waals surface area contributed by atoms with E-state index in [0.29, 0.717) is 11.6 Å². The molecule has 2 atom stereocenters. The highest BCUT2D eigenvalue weighted by molar-refractivity contribution is 6.31. The standard InChI is InChI=1S/C15H21ClN2O2/c1-10-11(5-4-8-17-10)15(19)18-14-7-3-6-13(16)12(14)9-20-2/h3,6-7,10-11,17H,4-5,8-9H2,1-2H3,(H,18,19). The molecule has 1 aliphatic rings. The average molecular weight is 297 g/mol. The van der Waals surface area contributed by atoms with Gasteiger partial charge in [0.15, 0.2) is 0 Å². The maximum atomic E-state index is 12.4. The molecule has 0 aromatic heterocycles.